The second kappa shape index (κ2) is 6.12. The van der Waals surface area contributed by atoms with Gasteiger partial charge in [-0.15, -0.1) is 11.5 Å². The fourth-order valence-electron chi connectivity index (χ4n) is 1.61. The Balaban J connectivity index is 4.39. The van der Waals surface area contributed by atoms with Crippen molar-refractivity contribution in [2.24, 2.45) is 5.41 Å². The molecule has 0 amide bonds. The normalized spacial score (nSPS) is 12.7. The predicted molar refractivity (Wildman–Crippen MR) is 87.7 cm³/mol. The Morgan fingerprint density at radius 3 is 2.00 bits per heavy atom. The standard InChI is InChI=1S/C15H30OSi2/c1-14(16-18(7,8)9)13-15(2,3)11-10-12-17(4,5)6/h1,11,13H2,2-9H3. The van der Waals surface area contributed by atoms with Crippen LogP contribution < -0.4 is 0 Å². The molecule has 3 heteroatoms. The summed E-state index contributed by atoms with van der Waals surface area (Å²) in [7, 11) is -2.75. The van der Waals surface area contributed by atoms with E-state index in [-0.39, 0.29) is 5.41 Å². The Kier molecular flexibility index (Phi) is 5.96. The lowest BCUT2D eigenvalue weighted by Crippen LogP contribution is -2.26. The van der Waals surface area contributed by atoms with E-state index in [1.807, 2.05) is 0 Å². The van der Waals surface area contributed by atoms with Crippen LogP contribution >= 0.6 is 0 Å². The van der Waals surface area contributed by atoms with E-state index in [0.717, 1.165) is 18.6 Å². The van der Waals surface area contributed by atoms with Crippen molar-refractivity contribution < 1.29 is 4.43 Å². The van der Waals surface area contributed by atoms with Crippen LogP contribution in [0.2, 0.25) is 39.3 Å². The summed E-state index contributed by atoms with van der Waals surface area (Å²) in [6.07, 6.45) is 1.82. The van der Waals surface area contributed by atoms with Crippen LogP contribution in [0.5, 0.6) is 0 Å². The van der Waals surface area contributed by atoms with Gasteiger partial charge >= 0.3 is 0 Å². The summed E-state index contributed by atoms with van der Waals surface area (Å²) in [5.74, 6) is 4.29. The third kappa shape index (κ3) is 10.7. The topological polar surface area (TPSA) is 9.23 Å². The average Bonchev–Trinajstić information content (AvgIpc) is 1.93. The van der Waals surface area contributed by atoms with Crippen LogP contribution in [0, 0.1) is 16.9 Å². The van der Waals surface area contributed by atoms with Gasteiger partial charge in [0.2, 0.25) is 8.32 Å². The van der Waals surface area contributed by atoms with E-state index in [0.29, 0.717) is 0 Å². The van der Waals surface area contributed by atoms with E-state index in [4.69, 9.17) is 4.43 Å². The first-order valence-electron chi connectivity index (χ1n) is 6.68. The fraction of sp³-hybridized carbons (Fsp3) is 0.733. The van der Waals surface area contributed by atoms with E-state index in [1.54, 1.807) is 0 Å². The van der Waals surface area contributed by atoms with Crippen molar-refractivity contribution in [3.63, 3.8) is 0 Å². The van der Waals surface area contributed by atoms with E-state index >= 15 is 0 Å². The van der Waals surface area contributed by atoms with Crippen molar-refractivity contribution in [1.29, 1.82) is 0 Å². The van der Waals surface area contributed by atoms with Crippen molar-refractivity contribution in [3.8, 4) is 11.5 Å². The predicted octanol–water partition coefficient (Wildman–Crippen LogP) is 5.04. The number of allylic oxidation sites excluding steroid dienone is 1. The fourth-order valence-corrected chi connectivity index (χ4v) is 3.17. The van der Waals surface area contributed by atoms with Gasteiger partial charge in [0.25, 0.3) is 0 Å². The Morgan fingerprint density at radius 1 is 1.11 bits per heavy atom. The molecule has 0 unspecified atom stereocenters. The maximum Gasteiger partial charge on any atom is 0.241 e. The van der Waals surface area contributed by atoms with Crippen LogP contribution in [0.25, 0.3) is 0 Å². The summed E-state index contributed by atoms with van der Waals surface area (Å²) in [6.45, 7) is 21.9. The van der Waals surface area contributed by atoms with Gasteiger partial charge in [0, 0.05) is 12.8 Å². The van der Waals surface area contributed by atoms with Crippen LogP contribution in [0.3, 0.4) is 0 Å². The molecule has 0 aliphatic carbocycles. The molecule has 0 heterocycles. The second-order valence-corrected chi connectivity index (χ2v) is 17.0. The quantitative estimate of drug-likeness (QED) is 0.390. The number of hydrogen-bond acceptors (Lipinski definition) is 1. The summed E-state index contributed by atoms with van der Waals surface area (Å²) in [5, 5.41) is 0. The largest absolute Gasteiger partial charge is 0.548 e. The molecule has 0 fully saturated rings. The highest BCUT2D eigenvalue weighted by Crippen LogP contribution is 2.29. The third-order valence-corrected chi connectivity index (χ3v) is 3.98. The van der Waals surface area contributed by atoms with Gasteiger partial charge in [0.15, 0.2) is 0 Å². The van der Waals surface area contributed by atoms with Gasteiger partial charge in [-0.1, -0.05) is 40.1 Å². The molecule has 0 radical (unpaired) electrons. The van der Waals surface area contributed by atoms with E-state index in [2.05, 4.69) is 71.2 Å². The van der Waals surface area contributed by atoms with E-state index in [1.165, 1.54) is 0 Å². The summed E-state index contributed by atoms with van der Waals surface area (Å²) in [6, 6.07) is 0. The summed E-state index contributed by atoms with van der Waals surface area (Å²) in [5.41, 5.74) is 3.58. The van der Waals surface area contributed by atoms with Crippen LogP contribution in [0.1, 0.15) is 26.7 Å². The van der Waals surface area contributed by atoms with Gasteiger partial charge in [0.1, 0.15) is 8.07 Å². The zero-order chi connectivity index (χ0) is 14.6. The lowest BCUT2D eigenvalue weighted by atomic mass is 9.85. The Labute approximate surface area is 116 Å². The minimum atomic E-state index is -1.51. The lowest BCUT2D eigenvalue weighted by molar-refractivity contribution is 0.297. The summed E-state index contributed by atoms with van der Waals surface area (Å²) >= 11 is 0. The zero-order valence-corrected chi connectivity index (χ0v) is 15.5. The monoisotopic (exact) mass is 282 g/mol. The molecule has 0 saturated heterocycles. The van der Waals surface area contributed by atoms with E-state index in [9.17, 15) is 0 Å². The average molecular weight is 283 g/mol. The molecule has 18 heavy (non-hydrogen) atoms. The molecule has 0 aliphatic rings. The van der Waals surface area contributed by atoms with Crippen molar-refractivity contribution in [2.75, 3.05) is 0 Å². The molecule has 1 nitrogen and oxygen atoms in total. The highest BCUT2D eigenvalue weighted by Gasteiger charge is 2.23. The van der Waals surface area contributed by atoms with Crippen LogP contribution in [0.15, 0.2) is 12.3 Å². The molecular weight excluding hydrogens is 252 g/mol. The SMILES string of the molecule is C=C(CC(C)(C)CC#C[Si](C)(C)C)O[Si](C)(C)C. The molecule has 104 valence electrons. The molecule has 0 N–H and O–H groups in total. The van der Waals surface area contributed by atoms with Gasteiger partial charge in [0.05, 0.1) is 5.76 Å². The first-order valence-corrected chi connectivity index (χ1v) is 13.6. The first-order chi connectivity index (χ1) is 7.81. The van der Waals surface area contributed by atoms with Gasteiger partial charge in [-0.05, 0) is 25.1 Å². The molecule has 0 bridgehead atoms. The highest BCUT2D eigenvalue weighted by molar-refractivity contribution is 6.83. The van der Waals surface area contributed by atoms with Gasteiger partial charge in [-0.2, -0.15) is 0 Å². The molecule has 0 atom stereocenters. The van der Waals surface area contributed by atoms with Crippen LogP contribution in [-0.4, -0.2) is 16.4 Å². The zero-order valence-electron chi connectivity index (χ0n) is 13.5. The number of rotatable bonds is 5. The second-order valence-electron chi connectivity index (χ2n) is 7.82. The minimum Gasteiger partial charge on any atom is -0.548 e. The van der Waals surface area contributed by atoms with Gasteiger partial charge in [-0.25, -0.2) is 0 Å². The molecular formula is C15H30OSi2. The highest BCUT2D eigenvalue weighted by atomic mass is 28.4. The summed E-state index contributed by atoms with van der Waals surface area (Å²) < 4.78 is 5.93. The molecule has 0 saturated carbocycles. The van der Waals surface area contributed by atoms with E-state index < -0.39 is 16.4 Å². The molecule has 0 spiro atoms. The van der Waals surface area contributed by atoms with Crippen molar-refractivity contribution in [3.05, 3.63) is 12.3 Å². The van der Waals surface area contributed by atoms with Crippen molar-refractivity contribution >= 4 is 16.4 Å². The molecule has 0 aromatic heterocycles. The van der Waals surface area contributed by atoms with Gasteiger partial charge in [-0.3, -0.25) is 0 Å². The summed E-state index contributed by atoms with van der Waals surface area (Å²) in [4.78, 5) is 0. The molecule has 0 aromatic carbocycles. The smallest absolute Gasteiger partial charge is 0.241 e. The van der Waals surface area contributed by atoms with Crippen LogP contribution in [-0.2, 0) is 4.43 Å². The minimum absolute atomic E-state index is 0.156. The Hall–Kier alpha value is -0.466. The lowest BCUT2D eigenvalue weighted by Gasteiger charge is -2.27. The first kappa shape index (κ1) is 17.5. The van der Waals surface area contributed by atoms with Gasteiger partial charge < -0.3 is 4.43 Å². The molecule has 0 aliphatic heterocycles. The molecule has 0 aromatic rings. The third-order valence-electron chi connectivity index (χ3n) is 2.16. The number of hydrogen-bond donors (Lipinski definition) is 0. The van der Waals surface area contributed by atoms with Crippen molar-refractivity contribution in [1.82, 2.24) is 0 Å². The maximum atomic E-state index is 5.93. The Bertz CT molecular complexity index is 345. The van der Waals surface area contributed by atoms with Crippen LogP contribution in [0.4, 0.5) is 0 Å². The Morgan fingerprint density at radius 2 is 1.61 bits per heavy atom. The maximum absolute atomic E-state index is 5.93. The molecule has 0 rings (SSSR count). The van der Waals surface area contributed by atoms with Crippen molar-refractivity contribution in [2.45, 2.75) is 66.0 Å².